The Balaban J connectivity index is 1.82. The van der Waals surface area contributed by atoms with Crippen molar-refractivity contribution in [3.63, 3.8) is 0 Å². The van der Waals surface area contributed by atoms with Gasteiger partial charge in [0, 0.05) is 18.6 Å². The second-order valence-corrected chi connectivity index (χ2v) is 5.41. The molecular formula is C14H20N2O. The number of benzene rings is 1. The van der Waals surface area contributed by atoms with Gasteiger partial charge in [0.2, 0.25) is 0 Å². The van der Waals surface area contributed by atoms with Gasteiger partial charge in [-0.2, -0.15) is 0 Å². The second kappa shape index (κ2) is 4.09. The van der Waals surface area contributed by atoms with Crippen LogP contribution in [0.5, 0.6) is 0 Å². The van der Waals surface area contributed by atoms with Crippen molar-refractivity contribution in [2.45, 2.75) is 37.6 Å². The molecule has 2 bridgehead atoms. The SMILES string of the molecule is C[C@@H](c1ccccc1)N1C[C@H]2C[C@H](O)[C@H]1[C@@H]2N. The fraction of sp³-hybridized carbons (Fsp3) is 0.571. The van der Waals surface area contributed by atoms with Crippen LogP contribution in [0.4, 0.5) is 0 Å². The van der Waals surface area contributed by atoms with Gasteiger partial charge in [-0.3, -0.25) is 4.90 Å². The lowest BCUT2D eigenvalue weighted by atomic mass is 10.0. The number of hydrogen-bond acceptors (Lipinski definition) is 3. The van der Waals surface area contributed by atoms with E-state index in [2.05, 4.69) is 36.1 Å². The van der Waals surface area contributed by atoms with E-state index in [0.717, 1.165) is 13.0 Å². The maximum Gasteiger partial charge on any atom is 0.0714 e. The van der Waals surface area contributed by atoms with Crippen LogP contribution in [0.25, 0.3) is 0 Å². The number of piperidine rings is 1. The molecule has 17 heavy (non-hydrogen) atoms. The van der Waals surface area contributed by atoms with E-state index < -0.39 is 0 Å². The topological polar surface area (TPSA) is 49.5 Å². The Morgan fingerprint density at radius 2 is 2.06 bits per heavy atom. The lowest BCUT2D eigenvalue weighted by Gasteiger charge is -2.35. The Morgan fingerprint density at radius 1 is 1.35 bits per heavy atom. The molecule has 3 rings (SSSR count). The molecule has 5 atom stereocenters. The summed E-state index contributed by atoms with van der Waals surface area (Å²) in [6.07, 6.45) is 0.638. The number of hydrogen-bond donors (Lipinski definition) is 2. The predicted octanol–water partition coefficient (Wildman–Crippen LogP) is 1.14. The Bertz CT molecular complexity index is 394. The second-order valence-electron chi connectivity index (χ2n) is 5.41. The third-order valence-electron chi connectivity index (χ3n) is 4.48. The van der Waals surface area contributed by atoms with E-state index in [-0.39, 0.29) is 18.2 Å². The maximum absolute atomic E-state index is 10.0. The summed E-state index contributed by atoms with van der Waals surface area (Å²) in [4.78, 5) is 2.37. The number of rotatable bonds is 2. The number of likely N-dealkylation sites (tertiary alicyclic amines) is 1. The van der Waals surface area contributed by atoms with Crippen LogP contribution in [0.3, 0.4) is 0 Å². The molecule has 0 amide bonds. The standard InChI is InChI=1S/C14H20N2O/c1-9(10-5-3-2-4-6-10)16-8-11-7-12(17)14(16)13(11)15/h2-6,9,11-14,17H,7-8,15H2,1H3/t9-,11+,12-,13+,14-/m0/s1. The van der Waals surface area contributed by atoms with Crippen molar-refractivity contribution < 1.29 is 5.11 Å². The molecular weight excluding hydrogens is 212 g/mol. The van der Waals surface area contributed by atoms with Crippen molar-refractivity contribution in [2.24, 2.45) is 11.7 Å². The van der Waals surface area contributed by atoms with Crippen LogP contribution >= 0.6 is 0 Å². The molecule has 2 fully saturated rings. The lowest BCUT2D eigenvalue weighted by molar-refractivity contribution is 0.0345. The fourth-order valence-electron chi connectivity index (χ4n) is 3.51. The summed E-state index contributed by atoms with van der Waals surface area (Å²) in [7, 11) is 0. The summed E-state index contributed by atoms with van der Waals surface area (Å²) < 4.78 is 0. The van der Waals surface area contributed by atoms with Crippen LogP contribution in [0.2, 0.25) is 0 Å². The highest BCUT2D eigenvalue weighted by Crippen LogP contribution is 2.41. The molecule has 3 nitrogen and oxygen atoms in total. The van der Waals surface area contributed by atoms with Crippen LogP contribution in [0.15, 0.2) is 30.3 Å². The zero-order valence-electron chi connectivity index (χ0n) is 10.2. The van der Waals surface area contributed by atoms with E-state index >= 15 is 0 Å². The van der Waals surface area contributed by atoms with E-state index in [9.17, 15) is 5.11 Å². The Kier molecular flexibility index (Phi) is 2.69. The summed E-state index contributed by atoms with van der Waals surface area (Å²) >= 11 is 0. The minimum absolute atomic E-state index is 0.148. The van der Waals surface area contributed by atoms with Gasteiger partial charge in [-0.25, -0.2) is 0 Å². The molecule has 1 aliphatic carbocycles. The first kappa shape index (κ1) is 11.2. The molecule has 1 aromatic rings. The predicted molar refractivity (Wildman–Crippen MR) is 67.4 cm³/mol. The van der Waals surface area contributed by atoms with E-state index in [1.807, 2.05) is 6.07 Å². The van der Waals surface area contributed by atoms with Gasteiger partial charge in [0.15, 0.2) is 0 Å². The molecule has 2 aliphatic rings. The smallest absolute Gasteiger partial charge is 0.0714 e. The largest absolute Gasteiger partial charge is 0.391 e. The number of aliphatic hydroxyl groups is 1. The highest BCUT2D eigenvalue weighted by Gasteiger charge is 2.51. The van der Waals surface area contributed by atoms with Gasteiger partial charge in [-0.1, -0.05) is 30.3 Å². The first-order valence-electron chi connectivity index (χ1n) is 6.43. The Hall–Kier alpha value is -0.900. The lowest BCUT2D eigenvalue weighted by Crippen LogP contribution is -2.46. The van der Waals surface area contributed by atoms with Crippen molar-refractivity contribution in [3.05, 3.63) is 35.9 Å². The number of nitrogens with zero attached hydrogens (tertiary/aromatic N) is 1. The van der Waals surface area contributed by atoms with Gasteiger partial charge in [-0.05, 0) is 24.8 Å². The molecule has 1 saturated heterocycles. The number of nitrogens with two attached hydrogens (primary N) is 1. The van der Waals surface area contributed by atoms with Crippen LogP contribution in [-0.4, -0.2) is 34.7 Å². The highest BCUT2D eigenvalue weighted by atomic mass is 16.3. The highest BCUT2D eigenvalue weighted by molar-refractivity contribution is 5.20. The first-order chi connectivity index (χ1) is 8.18. The summed E-state index contributed by atoms with van der Waals surface area (Å²) in [5, 5.41) is 10.0. The number of fused-ring (bicyclic) bond motifs is 2. The van der Waals surface area contributed by atoms with Crippen LogP contribution < -0.4 is 5.73 Å². The fourth-order valence-corrected chi connectivity index (χ4v) is 3.51. The zero-order valence-corrected chi connectivity index (χ0v) is 10.2. The van der Waals surface area contributed by atoms with Crippen molar-refractivity contribution in [2.75, 3.05) is 6.54 Å². The molecule has 1 aliphatic heterocycles. The van der Waals surface area contributed by atoms with Crippen LogP contribution in [0.1, 0.15) is 24.9 Å². The minimum atomic E-state index is -0.241. The third-order valence-corrected chi connectivity index (χ3v) is 4.48. The molecule has 1 aromatic carbocycles. The molecule has 1 saturated carbocycles. The maximum atomic E-state index is 10.0. The average Bonchev–Trinajstić information content (AvgIpc) is 2.81. The third kappa shape index (κ3) is 1.69. The van der Waals surface area contributed by atoms with Gasteiger partial charge >= 0.3 is 0 Å². The van der Waals surface area contributed by atoms with Crippen molar-refractivity contribution in [3.8, 4) is 0 Å². The molecule has 0 unspecified atom stereocenters. The van der Waals surface area contributed by atoms with E-state index in [1.165, 1.54) is 5.56 Å². The molecule has 92 valence electrons. The zero-order chi connectivity index (χ0) is 12.0. The van der Waals surface area contributed by atoms with Crippen LogP contribution in [0, 0.1) is 5.92 Å². The molecule has 0 aromatic heterocycles. The Labute approximate surface area is 102 Å². The molecule has 1 heterocycles. The normalized spacial score (nSPS) is 38.5. The molecule has 3 heteroatoms. The monoisotopic (exact) mass is 232 g/mol. The summed E-state index contributed by atoms with van der Waals surface area (Å²) in [6, 6.07) is 11.1. The quantitative estimate of drug-likeness (QED) is 0.804. The summed E-state index contributed by atoms with van der Waals surface area (Å²) in [5.74, 6) is 0.473. The van der Waals surface area contributed by atoms with Crippen molar-refractivity contribution >= 4 is 0 Å². The van der Waals surface area contributed by atoms with Gasteiger partial charge in [0.05, 0.1) is 12.1 Å². The number of aliphatic hydroxyl groups excluding tert-OH is 1. The van der Waals surface area contributed by atoms with Gasteiger partial charge in [0.1, 0.15) is 0 Å². The Morgan fingerprint density at radius 3 is 2.65 bits per heavy atom. The summed E-state index contributed by atoms with van der Waals surface area (Å²) in [6.45, 7) is 3.23. The van der Waals surface area contributed by atoms with Gasteiger partial charge < -0.3 is 10.8 Å². The van der Waals surface area contributed by atoms with E-state index in [4.69, 9.17) is 5.73 Å². The van der Waals surface area contributed by atoms with Gasteiger partial charge in [-0.15, -0.1) is 0 Å². The van der Waals surface area contributed by atoms with E-state index in [0.29, 0.717) is 12.0 Å². The van der Waals surface area contributed by atoms with Gasteiger partial charge in [0.25, 0.3) is 0 Å². The van der Waals surface area contributed by atoms with Crippen molar-refractivity contribution in [1.82, 2.24) is 4.90 Å². The summed E-state index contributed by atoms with van der Waals surface area (Å²) in [5.41, 5.74) is 7.48. The minimum Gasteiger partial charge on any atom is -0.391 e. The van der Waals surface area contributed by atoms with Crippen molar-refractivity contribution in [1.29, 1.82) is 0 Å². The molecule has 3 N–H and O–H groups in total. The van der Waals surface area contributed by atoms with E-state index in [1.54, 1.807) is 0 Å². The first-order valence-corrected chi connectivity index (χ1v) is 6.43. The average molecular weight is 232 g/mol. The molecule has 0 radical (unpaired) electrons. The van der Waals surface area contributed by atoms with Crippen LogP contribution in [-0.2, 0) is 0 Å². The molecule has 0 spiro atoms.